The smallest absolute Gasteiger partial charge is 0.300 e. The number of carbonyl (C=O) groups excluding carboxylic acids is 1. The van der Waals surface area contributed by atoms with Crippen LogP contribution in [0.3, 0.4) is 0 Å². The highest BCUT2D eigenvalue weighted by atomic mass is 19.1. The van der Waals surface area contributed by atoms with Gasteiger partial charge < -0.3 is 25.5 Å². The third kappa shape index (κ3) is 6.62. The van der Waals surface area contributed by atoms with Crippen LogP contribution in [-0.4, -0.2) is 65.3 Å². The number of nitrogens with zero attached hydrogens (tertiary/aromatic N) is 3. The second-order valence-electron chi connectivity index (χ2n) is 8.75. The molecule has 0 spiro atoms. The Balaban J connectivity index is 0.000000747. The molecule has 0 bridgehead atoms. The van der Waals surface area contributed by atoms with E-state index in [0.717, 1.165) is 49.7 Å². The van der Waals surface area contributed by atoms with Crippen molar-refractivity contribution in [2.75, 3.05) is 48.8 Å². The van der Waals surface area contributed by atoms with E-state index in [-0.39, 0.29) is 11.7 Å². The molecule has 0 unspecified atom stereocenters. The Morgan fingerprint density at radius 3 is 2.35 bits per heavy atom. The molecule has 0 aliphatic carbocycles. The number of piperazine rings is 1. The molecule has 1 fully saturated rings. The fourth-order valence-corrected chi connectivity index (χ4v) is 3.98. The van der Waals surface area contributed by atoms with Crippen molar-refractivity contribution in [1.82, 2.24) is 15.1 Å². The van der Waals surface area contributed by atoms with Gasteiger partial charge in [0, 0.05) is 55.4 Å². The summed E-state index contributed by atoms with van der Waals surface area (Å²) in [6, 6.07) is 19.7. The van der Waals surface area contributed by atoms with Gasteiger partial charge >= 0.3 is 0 Å². The molecule has 0 atom stereocenters. The molecule has 4 aromatic rings. The lowest BCUT2D eigenvalue weighted by Gasteiger charge is -2.34. The second-order valence-corrected chi connectivity index (χ2v) is 8.75. The first-order chi connectivity index (χ1) is 17.8. The fraction of sp³-hybridized carbons (Fsp3) is 0.222. The highest BCUT2D eigenvalue weighted by Gasteiger charge is 2.16. The van der Waals surface area contributed by atoms with Gasteiger partial charge in [0.15, 0.2) is 5.82 Å². The molecule has 5 rings (SSSR count). The van der Waals surface area contributed by atoms with Gasteiger partial charge in [-0.05, 0) is 61.6 Å². The average molecular weight is 505 g/mol. The number of halogens is 1. The first-order valence-electron chi connectivity index (χ1n) is 11.8. The Hall–Kier alpha value is -4.44. The number of H-pyrrole nitrogens is 1. The topological polar surface area (TPSA) is 114 Å². The largest absolute Gasteiger partial charge is 0.481 e. The number of para-hydroxylation sites is 1. The minimum Gasteiger partial charge on any atom is -0.481 e. The zero-order valence-corrected chi connectivity index (χ0v) is 20.7. The number of carbonyl (C=O) groups is 2. The molecule has 1 saturated heterocycles. The lowest BCUT2D eigenvalue weighted by Crippen LogP contribution is -2.44. The van der Waals surface area contributed by atoms with E-state index in [1.807, 2.05) is 42.5 Å². The number of rotatable bonds is 5. The van der Waals surface area contributed by atoms with E-state index >= 15 is 0 Å². The summed E-state index contributed by atoms with van der Waals surface area (Å²) in [7, 11) is 2.13. The summed E-state index contributed by atoms with van der Waals surface area (Å²) in [5.41, 5.74) is 3.54. The van der Waals surface area contributed by atoms with Crippen molar-refractivity contribution in [3.8, 4) is 0 Å². The fourth-order valence-electron chi connectivity index (χ4n) is 3.98. The molecule has 1 amide bonds. The molecular formula is C27H29FN6O3. The number of hydrogen-bond donors (Lipinski definition) is 4. The minimum absolute atomic E-state index is 0.220. The Morgan fingerprint density at radius 2 is 1.68 bits per heavy atom. The average Bonchev–Trinajstić information content (AvgIpc) is 3.27. The summed E-state index contributed by atoms with van der Waals surface area (Å²) in [4.78, 5) is 26.4. The number of anilines is 4. The monoisotopic (exact) mass is 504 g/mol. The van der Waals surface area contributed by atoms with Crippen LogP contribution < -0.4 is 15.5 Å². The Bertz CT molecular complexity index is 1380. The third-order valence-electron chi connectivity index (χ3n) is 5.95. The van der Waals surface area contributed by atoms with Crippen LogP contribution in [0, 0.1) is 5.82 Å². The molecule has 10 heteroatoms. The van der Waals surface area contributed by atoms with E-state index in [1.165, 1.54) is 6.07 Å². The molecule has 3 aromatic carbocycles. The molecule has 4 N–H and O–H groups in total. The number of hydrogen-bond acceptors (Lipinski definition) is 6. The standard InChI is InChI=1S/C25H25FN6O.C2H4O2/c1-31-12-14-32(15-13-31)19-9-6-17(7-10-19)25(33)28-24-20-11-8-18(16-23(20)29-30-24)27-22-5-3-2-4-21(22)26;1-2(3)4/h2-11,16,27H,12-15H2,1H3,(H2,28,29,30,33);1H3,(H,3,4). The molecule has 1 aliphatic rings. The number of likely N-dealkylation sites (N-methyl/N-ethyl adjacent to an activating group) is 1. The van der Waals surface area contributed by atoms with Crippen LogP contribution in [0.5, 0.6) is 0 Å². The molecule has 2 heterocycles. The lowest BCUT2D eigenvalue weighted by atomic mass is 10.1. The van der Waals surface area contributed by atoms with E-state index in [9.17, 15) is 9.18 Å². The van der Waals surface area contributed by atoms with Crippen LogP contribution in [0.15, 0.2) is 66.7 Å². The van der Waals surface area contributed by atoms with Crippen molar-refractivity contribution in [2.24, 2.45) is 0 Å². The van der Waals surface area contributed by atoms with E-state index < -0.39 is 5.97 Å². The summed E-state index contributed by atoms with van der Waals surface area (Å²) in [5.74, 6) is -0.925. The predicted molar refractivity (Wildman–Crippen MR) is 143 cm³/mol. The summed E-state index contributed by atoms with van der Waals surface area (Å²) in [6.07, 6.45) is 0. The molecule has 0 radical (unpaired) electrons. The predicted octanol–water partition coefficient (Wildman–Crippen LogP) is 4.54. The maximum atomic E-state index is 13.9. The van der Waals surface area contributed by atoms with E-state index in [0.29, 0.717) is 22.8 Å². The number of amides is 1. The van der Waals surface area contributed by atoms with Gasteiger partial charge in [0.05, 0.1) is 11.2 Å². The number of carboxylic acid groups (broad SMARTS) is 1. The number of aliphatic carboxylic acids is 1. The number of nitrogens with one attached hydrogen (secondary N) is 3. The van der Waals surface area contributed by atoms with Crippen molar-refractivity contribution in [1.29, 1.82) is 0 Å². The van der Waals surface area contributed by atoms with Crippen molar-refractivity contribution < 1.29 is 19.1 Å². The number of benzene rings is 3. The SMILES string of the molecule is CC(=O)O.CN1CCN(c2ccc(C(=O)Nc3n[nH]c4cc(Nc5ccccc5F)ccc34)cc2)CC1. The first-order valence-corrected chi connectivity index (χ1v) is 11.8. The van der Waals surface area contributed by atoms with Gasteiger partial charge in [0.25, 0.3) is 11.9 Å². The Kier molecular flexibility index (Phi) is 7.99. The van der Waals surface area contributed by atoms with Gasteiger partial charge in [-0.1, -0.05) is 12.1 Å². The Morgan fingerprint density at radius 1 is 1.00 bits per heavy atom. The van der Waals surface area contributed by atoms with Crippen LogP contribution in [0.1, 0.15) is 17.3 Å². The molecule has 37 heavy (non-hydrogen) atoms. The van der Waals surface area contributed by atoms with Crippen molar-refractivity contribution in [3.63, 3.8) is 0 Å². The quantitative estimate of drug-likeness (QED) is 0.316. The molecule has 1 aliphatic heterocycles. The van der Waals surface area contributed by atoms with Crippen molar-refractivity contribution in [3.05, 3.63) is 78.1 Å². The normalized spacial score (nSPS) is 13.5. The highest BCUT2D eigenvalue weighted by Crippen LogP contribution is 2.27. The number of aromatic amines is 1. The molecule has 9 nitrogen and oxygen atoms in total. The maximum absolute atomic E-state index is 13.9. The first kappa shape index (κ1) is 25.6. The summed E-state index contributed by atoms with van der Waals surface area (Å²) >= 11 is 0. The third-order valence-corrected chi connectivity index (χ3v) is 5.95. The molecule has 1 aromatic heterocycles. The highest BCUT2D eigenvalue weighted by molar-refractivity contribution is 6.08. The van der Waals surface area contributed by atoms with E-state index in [2.05, 4.69) is 37.7 Å². The lowest BCUT2D eigenvalue weighted by molar-refractivity contribution is -0.134. The van der Waals surface area contributed by atoms with E-state index in [1.54, 1.807) is 18.2 Å². The van der Waals surface area contributed by atoms with Crippen LogP contribution >= 0.6 is 0 Å². The van der Waals surface area contributed by atoms with Crippen LogP contribution in [0.4, 0.5) is 27.3 Å². The van der Waals surface area contributed by atoms with Crippen molar-refractivity contribution in [2.45, 2.75) is 6.92 Å². The maximum Gasteiger partial charge on any atom is 0.300 e. The molecular weight excluding hydrogens is 475 g/mol. The van der Waals surface area contributed by atoms with Gasteiger partial charge in [0.1, 0.15) is 5.82 Å². The van der Waals surface area contributed by atoms with Gasteiger partial charge in [-0.2, -0.15) is 5.10 Å². The van der Waals surface area contributed by atoms with Gasteiger partial charge in [-0.3, -0.25) is 14.7 Å². The van der Waals surface area contributed by atoms with Crippen LogP contribution in [0.25, 0.3) is 10.9 Å². The zero-order valence-electron chi connectivity index (χ0n) is 20.7. The van der Waals surface area contributed by atoms with Gasteiger partial charge in [0.2, 0.25) is 0 Å². The summed E-state index contributed by atoms with van der Waals surface area (Å²) in [6.45, 7) is 5.11. The molecule has 0 saturated carbocycles. The molecule has 192 valence electrons. The summed E-state index contributed by atoms with van der Waals surface area (Å²) < 4.78 is 13.9. The second kappa shape index (κ2) is 11.5. The van der Waals surface area contributed by atoms with Gasteiger partial charge in [-0.25, -0.2) is 4.39 Å². The van der Waals surface area contributed by atoms with Crippen LogP contribution in [0.2, 0.25) is 0 Å². The minimum atomic E-state index is -0.833. The number of aromatic nitrogens is 2. The number of carboxylic acids is 1. The summed E-state index contributed by atoms with van der Waals surface area (Å²) in [5, 5.41) is 21.3. The van der Waals surface area contributed by atoms with Crippen LogP contribution in [-0.2, 0) is 4.79 Å². The Labute approximate surface area is 213 Å². The van der Waals surface area contributed by atoms with E-state index in [4.69, 9.17) is 9.90 Å². The zero-order chi connectivity index (χ0) is 26.4. The number of fused-ring (bicyclic) bond motifs is 1. The van der Waals surface area contributed by atoms with Gasteiger partial charge in [-0.15, -0.1) is 0 Å². The van der Waals surface area contributed by atoms with Crippen molar-refractivity contribution >= 4 is 45.7 Å².